The van der Waals surface area contributed by atoms with Gasteiger partial charge in [-0.05, 0) is 43.2 Å². The van der Waals surface area contributed by atoms with E-state index in [1.54, 1.807) is 19.0 Å². The molecule has 1 heterocycles. The molecule has 22 heavy (non-hydrogen) atoms. The first kappa shape index (κ1) is 16.0. The van der Waals surface area contributed by atoms with Gasteiger partial charge in [-0.1, -0.05) is 19.1 Å². The van der Waals surface area contributed by atoms with Crippen LogP contribution in [0.15, 0.2) is 36.4 Å². The second-order valence-electron chi connectivity index (χ2n) is 5.44. The molecule has 1 amide bonds. The third kappa shape index (κ3) is 3.85. The topological polar surface area (TPSA) is 42.4 Å². The second kappa shape index (κ2) is 7.07. The van der Waals surface area contributed by atoms with Gasteiger partial charge in [-0.3, -0.25) is 9.78 Å². The van der Waals surface area contributed by atoms with Crippen molar-refractivity contribution in [1.82, 2.24) is 9.88 Å². The van der Waals surface area contributed by atoms with Gasteiger partial charge in [0, 0.05) is 25.4 Å². The van der Waals surface area contributed by atoms with Crippen LogP contribution < -0.4 is 4.74 Å². The van der Waals surface area contributed by atoms with Crippen LogP contribution >= 0.6 is 0 Å². The normalized spacial score (nSPS) is 10.4. The highest BCUT2D eigenvalue weighted by Gasteiger charge is 2.09. The summed E-state index contributed by atoms with van der Waals surface area (Å²) in [6.45, 7) is 4.45. The molecule has 0 atom stereocenters. The van der Waals surface area contributed by atoms with Crippen LogP contribution in [-0.4, -0.2) is 29.9 Å². The highest BCUT2D eigenvalue weighted by molar-refractivity contribution is 5.94. The number of pyridine rings is 1. The number of hydrogen-bond acceptors (Lipinski definition) is 3. The van der Waals surface area contributed by atoms with Gasteiger partial charge < -0.3 is 9.64 Å². The van der Waals surface area contributed by atoms with Gasteiger partial charge in [-0.2, -0.15) is 0 Å². The first-order valence-electron chi connectivity index (χ1n) is 7.41. The predicted molar refractivity (Wildman–Crippen MR) is 87.1 cm³/mol. The molecule has 0 saturated carbocycles. The quantitative estimate of drug-likeness (QED) is 0.851. The minimum absolute atomic E-state index is 0.00639. The van der Waals surface area contributed by atoms with Gasteiger partial charge >= 0.3 is 0 Å². The van der Waals surface area contributed by atoms with Gasteiger partial charge in [0.25, 0.3) is 5.91 Å². The molecule has 0 N–H and O–H groups in total. The summed E-state index contributed by atoms with van der Waals surface area (Å²) in [7, 11) is 3.49. The van der Waals surface area contributed by atoms with E-state index in [2.05, 4.69) is 11.9 Å². The van der Waals surface area contributed by atoms with Crippen LogP contribution in [0.3, 0.4) is 0 Å². The number of amides is 1. The zero-order valence-electron chi connectivity index (χ0n) is 13.6. The van der Waals surface area contributed by atoms with E-state index in [0.29, 0.717) is 12.2 Å². The van der Waals surface area contributed by atoms with Gasteiger partial charge in [-0.15, -0.1) is 0 Å². The molecule has 0 radical (unpaired) electrons. The molecule has 0 unspecified atom stereocenters. The van der Waals surface area contributed by atoms with Crippen molar-refractivity contribution in [3.8, 4) is 5.75 Å². The molecule has 4 heteroatoms. The standard InChI is InChI=1S/C18H22N2O2/c1-5-16-17(10-9-13(2)19-16)22-12-14-7-6-8-15(11-14)18(21)20(3)4/h6-11H,5,12H2,1-4H3. The highest BCUT2D eigenvalue weighted by Crippen LogP contribution is 2.19. The summed E-state index contributed by atoms with van der Waals surface area (Å²) in [5.74, 6) is 0.797. The van der Waals surface area contributed by atoms with Crippen molar-refractivity contribution in [1.29, 1.82) is 0 Å². The predicted octanol–water partition coefficient (Wildman–Crippen LogP) is 3.23. The summed E-state index contributed by atoms with van der Waals surface area (Å²) in [4.78, 5) is 18.0. The molecule has 1 aromatic carbocycles. The van der Waals surface area contributed by atoms with Crippen molar-refractivity contribution in [3.05, 3.63) is 58.9 Å². The molecule has 0 spiro atoms. The maximum Gasteiger partial charge on any atom is 0.253 e. The molecule has 116 valence electrons. The Labute approximate surface area is 131 Å². The van der Waals surface area contributed by atoms with E-state index in [4.69, 9.17) is 4.74 Å². The fraction of sp³-hybridized carbons (Fsp3) is 0.333. The Morgan fingerprint density at radius 1 is 1.23 bits per heavy atom. The van der Waals surface area contributed by atoms with E-state index < -0.39 is 0 Å². The number of nitrogens with zero attached hydrogens (tertiary/aromatic N) is 2. The van der Waals surface area contributed by atoms with Crippen LogP contribution in [0.2, 0.25) is 0 Å². The lowest BCUT2D eigenvalue weighted by molar-refractivity contribution is 0.0827. The van der Waals surface area contributed by atoms with Crippen LogP contribution in [0.4, 0.5) is 0 Å². The molecule has 0 bridgehead atoms. The fourth-order valence-electron chi connectivity index (χ4n) is 2.20. The van der Waals surface area contributed by atoms with E-state index in [1.807, 2.05) is 43.3 Å². The number of hydrogen-bond donors (Lipinski definition) is 0. The second-order valence-corrected chi connectivity index (χ2v) is 5.44. The SMILES string of the molecule is CCc1nc(C)ccc1OCc1cccc(C(=O)N(C)C)c1. The van der Waals surface area contributed by atoms with Gasteiger partial charge in [0.15, 0.2) is 0 Å². The zero-order chi connectivity index (χ0) is 16.1. The summed E-state index contributed by atoms with van der Waals surface area (Å²) < 4.78 is 5.88. The smallest absolute Gasteiger partial charge is 0.253 e. The number of rotatable bonds is 5. The lowest BCUT2D eigenvalue weighted by Crippen LogP contribution is -2.21. The Morgan fingerprint density at radius 2 is 2.00 bits per heavy atom. The van der Waals surface area contributed by atoms with Crippen molar-refractivity contribution in [2.75, 3.05) is 14.1 Å². The third-order valence-corrected chi connectivity index (χ3v) is 3.38. The third-order valence-electron chi connectivity index (χ3n) is 3.38. The van der Waals surface area contributed by atoms with Gasteiger partial charge in [0.05, 0.1) is 5.69 Å². The minimum atomic E-state index is -0.00639. The molecular formula is C18H22N2O2. The molecular weight excluding hydrogens is 276 g/mol. The Morgan fingerprint density at radius 3 is 2.68 bits per heavy atom. The van der Waals surface area contributed by atoms with E-state index in [9.17, 15) is 4.79 Å². The van der Waals surface area contributed by atoms with Crippen LogP contribution in [-0.2, 0) is 13.0 Å². The van der Waals surface area contributed by atoms with Crippen molar-refractivity contribution in [2.24, 2.45) is 0 Å². The summed E-state index contributed by atoms with van der Waals surface area (Å²) in [5.41, 5.74) is 3.59. The average Bonchev–Trinajstić information content (AvgIpc) is 2.53. The molecule has 2 aromatic rings. The van der Waals surface area contributed by atoms with Crippen LogP contribution in [0, 0.1) is 6.92 Å². The lowest BCUT2D eigenvalue weighted by Gasteiger charge is -2.13. The van der Waals surface area contributed by atoms with Crippen LogP contribution in [0.25, 0.3) is 0 Å². The van der Waals surface area contributed by atoms with Crippen LogP contribution in [0.1, 0.15) is 34.2 Å². The van der Waals surface area contributed by atoms with E-state index in [1.165, 1.54) is 0 Å². The molecule has 0 aliphatic carbocycles. The number of carbonyl (C=O) groups excluding carboxylic acids is 1. The molecule has 4 nitrogen and oxygen atoms in total. The average molecular weight is 298 g/mol. The number of carbonyl (C=O) groups is 1. The van der Waals surface area contributed by atoms with Crippen molar-refractivity contribution in [3.63, 3.8) is 0 Å². The number of ether oxygens (including phenoxy) is 1. The molecule has 0 aliphatic heterocycles. The highest BCUT2D eigenvalue weighted by atomic mass is 16.5. The van der Waals surface area contributed by atoms with Gasteiger partial charge in [-0.25, -0.2) is 0 Å². The first-order chi connectivity index (χ1) is 10.5. The van der Waals surface area contributed by atoms with Crippen molar-refractivity contribution < 1.29 is 9.53 Å². The summed E-state index contributed by atoms with van der Waals surface area (Å²) in [5, 5.41) is 0. The minimum Gasteiger partial charge on any atom is -0.487 e. The van der Waals surface area contributed by atoms with E-state index in [-0.39, 0.29) is 5.91 Å². The van der Waals surface area contributed by atoms with Crippen molar-refractivity contribution >= 4 is 5.91 Å². The van der Waals surface area contributed by atoms with Gasteiger partial charge in [0.2, 0.25) is 0 Å². The maximum atomic E-state index is 12.0. The summed E-state index contributed by atoms with van der Waals surface area (Å²) in [6, 6.07) is 11.4. The van der Waals surface area contributed by atoms with Crippen LogP contribution in [0.5, 0.6) is 5.75 Å². The fourth-order valence-corrected chi connectivity index (χ4v) is 2.20. The van der Waals surface area contributed by atoms with E-state index in [0.717, 1.165) is 29.1 Å². The molecule has 0 aliphatic rings. The monoisotopic (exact) mass is 298 g/mol. The molecule has 2 rings (SSSR count). The van der Waals surface area contributed by atoms with E-state index >= 15 is 0 Å². The molecule has 0 saturated heterocycles. The van der Waals surface area contributed by atoms with Gasteiger partial charge in [0.1, 0.15) is 12.4 Å². The summed E-state index contributed by atoms with van der Waals surface area (Å²) in [6.07, 6.45) is 0.830. The Balaban J connectivity index is 2.12. The summed E-state index contributed by atoms with van der Waals surface area (Å²) >= 11 is 0. The number of aryl methyl sites for hydroxylation is 2. The molecule has 0 fully saturated rings. The van der Waals surface area contributed by atoms with Crippen molar-refractivity contribution in [2.45, 2.75) is 26.9 Å². The number of aromatic nitrogens is 1. The Hall–Kier alpha value is -2.36. The number of benzene rings is 1. The largest absolute Gasteiger partial charge is 0.487 e. The Bertz CT molecular complexity index is 666. The zero-order valence-corrected chi connectivity index (χ0v) is 13.6. The lowest BCUT2D eigenvalue weighted by atomic mass is 10.1. The Kier molecular flexibility index (Phi) is 5.15. The maximum absolute atomic E-state index is 12.0. The first-order valence-corrected chi connectivity index (χ1v) is 7.41. The molecule has 1 aromatic heterocycles.